The summed E-state index contributed by atoms with van der Waals surface area (Å²) in [7, 11) is 0. The molecular formula is C80H88O18. The summed E-state index contributed by atoms with van der Waals surface area (Å²) >= 11 is 0. The van der Waals surface area contributed by atoms with Gasteiger partial charge < -0.3 is 74.5 Å². The van der Waals surface area contributed by atoms with Crippen LogP contribution in [0.5, 0.6) is 34.5 Å². The van der Waals surface area contributed by atoms with Crippen molar-refractivity contribution >= 4 is 56.0 Å². The average Bonchev–Trinajstić information content (AvgIpc) is 1.53. The molecule has 516 valence electrons. The highest BCUT2D eigenvalue weighted by molar-refractivity contribution is 5.93. The van der Waals surface area contributed by atoms with Gasteiger partial charge in [0.05, 0.1) is 81.2 Å². The third-order valence-electron chi connectivity index (χ3n) is 19.2. The lowest BCUT2D eigenvalue weighted by molar-refractivity contribution is -0.271. The Morgan fingerprint density at radius 2 is 0.765 bits per heavy atom. The fraction of sp³-hybridized carbons (Fsp3) is 0.425. The van der Waals surface area contributed by atoms with E-state index in [-0.39, 0.29) is 34.7 Å². The number of rotatable bonds is 24. The van der Waals surface area contributed by atoms with Crippen molar-refractivity contribution in [3.63, 3.8) is 0 Å². The number of hydrogen-bond donors (Lipinski definition) is 0. The Bertz CT molecular complexity index is 4310. The van der Waals surface area contributed by atoms with E-state index in [2.05, 4.69) is 67.5 Å². The van der Waals surface area contributed by atoms with Crippen LogP contribution in [0.2, 0.25) is 0 Å². The highest BCUT2D eigenvalue weighted by Crippen LogP contribution is 2.51. The molecule has 4 fully saturated rings. The maximum atomic E-state index is 11.6. The van der Waals surface area contributed by atoms with Crippen molar-refractivity contribution in [1.29, 1.82) is 0 Å². The lowest BCUT2D eigenvalue weighted by Gasteiger charge is -2.30. The molecule has 4 saturated heterocycles. The van der Waals surface area contributed by atoms with Gasteiger partial charge in [0.25, 0.3) is 0 Å². The van der Waals surface area contributed by atoms with Crippen LogP contribution in [0.1, 0.15) is 146 Å². The maximum absolute atomic E-state index is 11.6. The molecule has 4 aromatic carbocycles. The number of furan rings is 2. The summed E-state index contributed by atoms with van der Waals surface area (Å²) in [6, 6.07) is 24.8. The molecule has 0 radical (unpaired) electrons. The Morgan fingerprint density at radius 3 is 1.13 bits per heavy atom. The van der Waals surface area contributed by atoms with Crippen molar-refractivity contribution in [3.8, 4) is 34.5 Å². The molecule has 6 aliphatic rings. The summed E-state index contributed by atoms with van der Waals surface area (Å²) in [6.45, 7) is 26.7. The Hall–Kier alpha value is -8.62. The van der Waals surface area contributed by atoms with Gasteiger partial charge in [-0.1, -0.05) is 22.3 Å². The van der Waals surface area contributed by atoms with Gasteiger partial charge in [-0.05, 0) is 219 Å². The van der Waals surface area contributed by atoms with Crippen molar-refractivity contribution < 1.29 is 74.5 Å². The van der Waals surface area contributed by atoms with E-state index in [1.165, 1.54) is 23.3 Å². The molecule has 6 atom stereocenters. The van der Waals surface area contributed by atoms with E-state index in [9.17, 15) is 9.59 Å². The van der Waals surface area contributed by atoms with Crippen molar-refractivity contribution in [3.05, 3.63) is 188 Å². The lowest BCUT2D eigenvalue weighted by Crippen LogP contribution is -2.39. The average molecular weight is 1340 g/mol. The molecule has 4 unspecified atom stereocenters. The zero-order valence-electron chi connectivity index (χ0n) is 58.0. The SMILES string of the molecule is C/C(=C\COc1c2c(cc3occc13)O[C@@]1(C=C2)OC(CC/C(C)=C/COc2ccc3ccc(=O)oc3c2)C(C)(C)O1)CCC1OC1(C)C.C/C(=C\COc1c2c(cc3occc13)O[C@]1(C=C2)OC(CC/C(C)=C/COc2ccc3ccc(=O)oc3c2)C(C)(C)O1)CCC1OC1(C)C. The summed E-state index contributed by atoms with van der Waals surface area (Å²) in [6.07, 6.45) is 26.4. The molecule has 0 aliphatic carbocycles. The van der Waals surface area contributed by atoms with E-state index in [1.807, 2.05) is 113 Å². The van der Waals surface area contributed by atoms with Gasteiger partial charge in [0.15, 0.2) is 0 Å². The van der Waals surface area contributed by atoms with E-state index < -0.39 is 23.1 Å². The fourth-order valence-electron chi connectivity index (χ4n) is 13.0. The van der Waals surface area contributed by atoms with Crippen LogP contribution in [0.3, 0.4) is 0 Å². The molecule has 0 bridgehead atoms. The Balaban J connectivity index is 0.000000176. The number of epoxide rings is 2. The Morgan fingerprint density at radius 1 is 0.418 bits per heavy atom. The topological polar surface area (TPSA) is 204 Å². The van der Waals surface area contributed by atoms with Crippen LogP contribution in [0, 0.1) is 0 Å². The Kier molecular flexibility index (Phi) is 18.9. The molecule has 0 saturated carbocycles. The van der Waals surface area contributed by atoms with E-state index in [0.29, 0.717) is 95.5 Å². The van der Waals surface area contributed by atoms with E-state index in [0.717, 1.165) is 95.2 Å². The van der Waals surface area contributed by atoms with Crippen LogP contribution in [0.4, 0.5) is 0 Å². The highest BCUT2D eigenvalue weighted by Gasteiger charge is 2.56. The zero-order chi connectivity index (χ0) is 68.8. The second-order valence-electron chi connectivity index (χ2n) is 28.5. The Labute approximate surface area is 570 Å². The van der Waals surface area contributed by atoms with Crippen LogP contribution in [0.25, 0.3) is 56.0 Å². The van der Waals surface area contributed by atoms with Gasteiger partial charge in [0.2, 0.25) is 0 Å². The minimum atomic E-state index is -1.36. The smallest absolute Gasteiger partial charge is 0.350 e. The van der Waals surface area contributed by atoms with Gasteiger partial charge in [-0.2, -0.15) is 0 Å². The first-order valence-electron chi connectivity index (χ1n) is 34.0. The standard InChI is InChI=1S/2C40H44O9/c2*1-25(16-20-42-28-11-9-27-10-14-36(41)45-31(27)23-28)8-13-35-39(5,6)49-40(48-35)19-15-29-33(46-40)24-32-30(18-22-43-32)37(29)44-21-17-26(2)7-12-34-38(3,4)47-34/h2*9-11,14-19,22-24,34-35H,7-8,12-13,20-21H2,1-6H3/b2*25-16+,26-17+/t2*34?,35?,40-/m10/s1. The highest BCUT2D eigenvalue weighted by atomic mass is 16.9. The van der Waals surface area contributed by atoms with E-state index >= 15 is 0 Å². The molecule has 6 aliphatic heterocycles. The fourth-order valence-corrected chi connectivity index (χ4v) is 13.0. The molecule has 8 aromatic rings. The number of benzene rings is 4. The van der Waals surface area contributed by atoms with Gasteiger partial charge in [0, 0.05) is 59.3 Å². The molecule has 4 aromatic heterocycles. The van der Waals surface area contributed by atoms with Gasteiger partial charge in [-0.15, -0.1) is 0 Å². The summed E-state index contributed by atoms with van der Waals surface area (Å²) in [4.78, 5) is 23.1. The van der Waals surface area contributed by atoms with Crippen LogP contribution < -0.4 is 39.7 Å². The van der Waals surface area contributed by atoms with Crippen LogP contribution in [-0.2, 0) is 28.4 Å². The predicted octanol–water partition coefficient (Wildman–Crippen LogP) is 17.8. The molecule has 14 rings (SSSR count). The van der Waals surface area contributed by atoms with Crippen LogP contribution in [-0.4, -0.2) is 85.2 Å². The first-order valence-corrected chi connectivity index (χ1v) is 34.0. The molecule has 2 spiro atoms. The largest absolute Gasteiger partial charge is 0.489 e. The molecular weight excluding hydrogens is 1250 g/mol. The second-order valence-corrected chi connectivity index (χ2v) is 28.5. The van der Waals surface area contributed by atoms with Crippen LogP contribution in [0.15, 0.2) is 183 Å². The number of fused-ring (bicyclic) bond motifs is 6. The summed E-state index contributed by atoms with van der Waals surface area (Å²) < 4.78 is 97.1. The van der Waals surface area contributed by atoms with Crippen molar-refractivity contribution in [1.82, 2.24) is 0 Å². The minimum Gasteiger partial charge on any atom is -0.489 e. The van der Waals surface area contributed by atoms with Crippen molar-refractivity contribution in [2.75, 3.05) is 26.4 Å². The molecule has 10 heterocycles. The number of allylic oxidation sites excluding steroid dienone is 4. The number of ether oxygens (including phenoxy) is 12. The number of hydrogen-bond acceptors (Lipinski definition) is 18. The van der Waals surface area contributed by atoms with E-state index in [4.69, 9.17) is 74.5 Å². The molecule has 18 heteroatoms. The van der Waals surface area contributed by atoms with Crippen molar-refractivity contribution in [2.24, 2.45) is 0 Å². The third-order valence-corrected chi connectivity index (χ3v) is 19.2. The van der Waals surface area contributed by atoms with Gasteiger partial charge in [-0.25, -0.2) is 9.59 Å². The van der Waals surface area contributed by atoms with Gasteiger partial charge >= 0.3 is 23.2 Å². The first kappa shape index (κ1) is 67.9. The molecule has 0 N–H and O–H groups in total. The first-order chi connectivity index (χ1) is 46.8. The lowest BCUT2D eigenvalue weighted by atomic mass is 9.96. The summed E-state index contributed by atoms with van der Waals surface area (Å²) in [5.74, 6) is 1.11. The monoisotopic (exact) mass is 1340 g/mol. The normalized spacial score (nSPS) is 24.0. The maximum Gasteiger partial charge on any atom is 0.350 e. The van der Waals surface area contributed by atoms with E-state index in [1.54, 1.807) is 36.8 Å². The minimum absolute atomic E-state index is 0.00721. The quantitative estimate of drug-likeness (QED) is 0.0313. The molecule has 98 heavy (non-hydrogen) atoms. The summed E-state index contributed by atoms with van der Waals surface area (Å²) in [5, 5.41) is 3.46. The van der Waals surface area contributed by atoms with Gasteiger partial charge in [0.1, 0.15) is 83.3 Å². The van der Waals surface area contributed by atoms with Gasteiger partial charge in [-0.3, -0.25) is 0 Å². The summed E-state index contributed by atoms with van der Waals surface area (Å²) in [5.41, 5.74) is 6.86. The second kappa shape index (κ2) is 27.2. The molecule has 18 nitrogen and oxygen atoms in total. The van der Waals surface area contributed by atoms with Crippen LogP contribution >= 0.6 is 0 Å². The zero-order valence-corrected chi connectivity index (χ0v) is 58.0. The van der Waals surface area contributed by atoms with Crippen molar-refractivity contribution in [2.45, 2.75) is 193 Å². The molecule has 0 amide bonds. The predicted molar refractivity (Wildman–Crippen MR) is 374 cm³/mol. The third kappa shape index (κ3) is 15.5.